The Balaban J connectivity index is 0.000000181. The fourth-order valence-electron chi connectivity index (χ4n) is 17.6. The minimum Gasteiger partial charge on any atom is -0.462 e. The van der Waals surface area contributed by atoms with Gasteiger partial charge in [-0.2, -0.15) is 65.9 Å². The standard InChI is InChI=1S/C21H30F6O3.C17H24F6O3.C15H23F3O2.C14H20O4/c1-4-18(3,11-29-16(20(22,23)24)21(25,26)27)17(28)30-19(5-2)14-7-12-6-13(9-14)10-15(19)8-12;1-4-14(2,3)13(24)26-12-7-9-5-10(11(12)6-9)8-15(25,16(18,19)20)17(21,22)23;1-8-9(2)11-6-10(8)7-14(11,15(16,17)18)12(19)20-13(3,4)5;1-4-14(2,3)13(16)18-10-7-5-8-9(6-7)12(15)17-11(8)10/h12-16H,4-11H2,1-3H3;9-12,25H,4-8H2,1-3H3;8-11H,6-7H2,1-5H3;7-11H,4-6H2,1-3H3. The van der Waals surface area contributed by atoms with Crippen LogP contribution in [0.2, 0.25) is 0 Å². The molecular formula is C67H97F15O12. The van der Waals surface area contributed by atoms with Gasteiger partial charge < -0.3 is 33.5 Å². The molecule has 0 spiro atoms. The summed E-state index contributed by atoms with van der Waals surface area (Å²) in [7, 11) is 0. The molecule has 11 fully saturated rings. The molecule has 0 aromatic carbocycles. The molecule has 10 saturated carbocycles. The van der Waals surface area contributed by atoms with Crippen molar-refractivity contribution in [3.8, 4) is 0 Å². The number of fused-ring (bicyclic) bond motifs is 5. The van der Waals surface area contributed by atoms with Gasteiger partial charge in [0.1, 0.15) is 29.5 Å². The third-order valence-electron chi connectivity index (χ3n) is 24.2. The first-order chi connectivity index (χ1) is 42.7. The summed E-state index contributed by atoms with van der Waals surface area (Å²) in [6, 6.07) is 0. The van der Waals surface area contributed by atoms with Crippen LogP contribution in [-0.2, 0) is 52.4 Å². The summed E-state index contributed by atoms with van der Waals surface area (Å²) in [4.78, 5) is 61.4. The van der Waals surface area contributed by atoms with E-state index in [2.05, 4.69) is 4.74 Å². The van der Waals surface area contributed by atoms with Crippen LogP contribution in [-0.4, -0.2) is 114 Å². The van der Waals surface area contributed by atoms with Crippen LogP contribution >= 0.6 is 0 Å². The Morgan fingerprint density at radius 3 is 1.53 bits per heavy atom. The molecule has 542 valence electrons. The molecular weight excluding hydrogens is 1280 g/mol. The van der Waals surface area contributed by atoms with E-state index in [9.17, 15) is 94.9 Å². The molecule has 0 aromatic heterocycles. The fourth-order valence-corrected chi connectivity index (χ4v) is 17.6. The zero-order valence-corrected chi connectivity index (χ0v) is 56.2. The van der Waals surface area contributed by atoms with E-state index in [1.165, 1.54) is 20.3 Å². The maximum atomic E-state index is 13.7. The molecule has 1 N–H and O–H groups in total. The number of alkyl halides is 15. The van der Waals surface area contributed by atoms with E-state index in [-0.39, 0.29) is 84.8 Å². The molecule has 12 nitrogen and oxygen atoms in total. The lowest BCUT2D eigenvalue weighted by molar-refractivity contribution is -0.373. The van der Waals surface area contributed by atoms with Gasteiger partial charge in [0, 0.05) is 11.8 Å². The van der Waals surface area contributed by atoms with Gasteiger partial charge in [0.2, 0.25) is 6.10 Å². The number of halogens is 15. The largest absolute Gasteiger partial charge is 0.462 e. The van der Waals surface area contributed by atoms with E-state index in [1.807, 2.05) is 41.5 Å². The van der Waals surface area contributed by atoms with Crippen molar-refractivity contribution >= 4 is 29.8 Å². The van der Waals surface area contributed by atoms with Crippen LogP contribution in [0.25, 0.3) is 0 Å². The van der Waals surface area contributed by atoms with Crippen LogP contribution in [0.1, 0.15) is 206 Å². The van der Waals surface area contributed by atoms with Crippen molar-refractivity contribution < 1.29 is 123 Å². The number of carbonyl (C=O) groups excluding carboxylic acids is 5. The first kappa shape index (κ1) is 77.6. The minimum atomic E-state index is -5.82. The zero-order valence-electron chi connectivity index (χ0n) is 56.2. The zero-order chi connectivity index (χ0) is 71.2. The molecule has 10 aliphatic carbocycles. The second-order valence-corrected chi connectivity index (χ2v) is 31.9. The highest BCUT2D eigenvalue weighted by Crippen LogP contribution is 2.67. The van der Waals surface area contributed by atoms with Gasteiger partial charge in [-0.05, 0) is 230 Å². The Hall–Kier alpha value is -3.78. The summed E-state index contributed by atoms with van der Waals surface area (Å²) >= 11 is 0. The van der Waals surface area contributed by atoms with Crippen LogP contribution < -0.4 is 0 Å². The highest BCUT2D eigenvalue weighted by Gasteiger charge is 2.75. The summed E-state index contributed by atoms with van der Waals surface area (Å²) in [5.74, 6) is -2.39. The van der Waals surface area contributed by atoms with Crippen LogP contribution in [0.5, 0.6) is 0 Å². The molecule has 11 aliphatic rings. The smallest absolute Gasteiger partial charge is 0.426 e. The van der Waals surface area contributed by atoms with Crippen LogP contribution in [0.4, 0.5) is 65.9 Å². The van der Waals surface area contributed by atoms with Gasteiger partial charge in [-0.1, -0.05) is 41.5 Å². The van der Waals surface area contributed by atoms with E-state index in [0.29, 0.717) is 55.8 Å². The predicted octanol–water partition coefficient (Wildman–Crippen LogP) is 16.8. The summed E-state index contributed by atoms with van der Waals surface area (Å²) in [6.45, 7) is 23.3. The molecule has 15 unspecified atom stereocenters. The normalized spacial score (nSPS) is 36.2. The van der Waals surface area contributed by atoms with Gasteiger partial charge in [-0.3, -0.25) is 24.0 Å². The van der Waals surface area contributed by atoms with Crippen molar-refractivity contribution in [2.75, 3.05) is 6.61 Å². The molecule has 0 amide bonds. The Morgan fingerprint density at radius 2 is 1.11 bits per heavy atom. The molecule has 94 heavy (non-hydrogen) atoms. The summed E-state index contributed by atoms with van der Waals surface area (Å²) < 4.78 is 228. The summed E-state index contributed by atoms with van der Waals surface area (Å²) in [5, 5.41) is 9.45. The first-order valence-corrected chi connectivity index (χ1v) is 33.5. The minimum absolute atomic E-state index is 0.00858. The van der Waals surface area contributed by atoms with E-state index in [1.54, 1.807) is 41.5 Å². The number of hydrogen-bond acceptors (Lipinski definition) is 12. The number of carbonyl (C=O) groups is 5. The van der Waals surface area contributed by atoms with Crippen molar-refractivity contribution in [2.45, 2.75) is 278 Å². The molecule has 27 heteroatoms. The lowest BCUT2D eigenvalue weighted by Gasteiger charge is -2.60. The quantitative estimate of drug-likeness (QED) is 0.0886. The predicted molar refractivity (Wildman–Crippen MR) is 309 cm³/mol. The Morgan fingerprint density at radius 1 is 0.596 bits per heavy atom. The van der Waals surface area contributed by atoms with Crippen molar-refractivity contribution in [2.24, 2.45) is 105 Å². The monoisotopic (exact) mass is 1380 g/mol. The lowest BCUT2D eigenvalue weighted by atomic mass is 9.49. The van der Waals surface area contributed by atoms with Crippen LogP contribution in [0.15, 0.2) is 0 Å². The molecule has 1 heterocycles. The van der Waals surface area contributed by atoms with Crippen molar-refractivity contribution in [3.05, 3.63) is 0 Å². The second-order valence-electron chi connectivity index (χ2n) is 31.9. The van der Waals surface area contributed by atoms with Gasteiger partial charge in [0.25, 0.3) is 5.60 Å². The number of ether oxygens (including phenoxy) is 6. The molecule has 1 saturated heterocycles. The highest BCUT2D eigenvalue weighted by molar-refractivity contribution is 5.80. The van der Waals surface area contributed by atoms with Crippen LogP contribution in [0, 0.1) is 105 Å². The van der Waals surface area contributed by atoms with Gasteiger partial charge >= 0.3 is 60.7 Å². The third kappa shape index (κ3) is 15.0. The van der Waals surface area contributed by atoms with Gasteiger partial charge in [0.15, 0.2) is 5.41 Å². The fraction of sp³-hybridized carbons (Fsp3) is 0.925. The molecule has 10 bridgehead atoms. The summed E-state index contributed by atoms with van der Waals surface area (Å²) in [5.41, 5.74) is -11.4. The van der Waals surface area contributed by atoms with Crippen molar-refractivity contribution in [3.63, 3.8) is 0 Å². The van der Waals surface area contributed by atoms with E-state index >= 15 is 0 Å². The first-order valence-electron chi connectivity index (χ1n) is 33.5. The Kier molecular flexibility index (Phi) is 22.0. The van der Waals surface area contributed by atoms with Crippen LogP contribution in [0.3, 0.4) is 0 Å². The SMILES string of the molecule is CC1C2CC(C1C)C(C(=O)OC(C)(C)C)(C(F)(F)F)C2.CCC(C)(C)C(=O)OC1C2CC3C(=O)OC1C3C2.CCC(C)(C)C(=O)OC1CC2CC(CC(O)(C(F)(F)F)C(F)(F)F)C1C2.CCC(C)(COC(C(F)(F)F)C(F)(F)F)C(=O)OC1(CC)C2CC3CC(C2)CC1C3. The average molecular weight is 1380 g/mol. The van der Waals surface area contributed by atoms with E-state index < -0.39 is 130 Å². The topological polar surface area (TPSA) is 161 Å². The summed E-state index contributed by atoms with van der Waals surface area (Å²) in [6.07, 6.45) is -23.7. The maximum Gasteiger partial charge on any atom is 0.426 e. The van der Waals surface area contributed by atoms with Gasteiger partial charge in [0.05, 0.1) is 28.8 Å². The molecule has 0 radical (unpaired) electrons. The Labute approximate surface area is 541 Å². The molecule has 15 atom stereocenters. The number of esters is 5. The Bertz CT molecular complexity index is 2660. The van der Waals surface area contributed by atoms with Gasteiger partial charge in [-0.15, -0.1) is 0 Å². The molecule has 0 aromatic rings. The highest BCUT2D eigenvalue weighted by atomic mass is 19.4. The number of hydrogen-bond donors (Lipinski definition) is 1. The number of rotatable bonds is 16. The van der Waals surface area contributed by atoms with E-state index in [0.717, 1.165) is 44.9 Å². The third-order valence-corrected chi connectivity index (χ3v) is 24.2. The second kappa shape index (κ2) is 26.7. The lowest BCUT2D eigenvalue weighted by Crippen LogP contribution is -2.60. The van der Waals surface area contributed by atoms with Crippen molar-refractivity contribution in [1.82, 2.24) is 0 Å². The van der Waals surface area contributed by atoms with E-state index in [4.69, 9.17) is 23.7 Å². The molecule has 11 rings (SSSR count). The van der Waals surface area contributed by atoms with Gasteiger partial charge in [-0.25, -0.2) is 0 Å². The number of aliphatic hydroxyl groups is 1. The average Bonchev–Trinajstić information content (AvgIpc) is 1.39. The maximum absolute atomic E-state index is 13.7. The van der Waals surface area contributed by atoms with Crippen molar-refractivity contribution in [1.29, 1.82) is 0 Å². The molecule has 1 aliphatic heterocycles.